The molecule has 192 valence electrons. The zero-order valence-electron chi connectivity index (χ0n) is 20.6. The van der Waals surface area contributed by atoms with E-state index >= 15 is 0 Å². The number of carbonyl (C=O) groups is 2. The van der Waals surface area contributed by atoms with E-state index in [2.05, 4.69) is 17.0 Å². The summed E-state index contributed by atoms with van der Waals surface area (Å²) in [6.45, 7) is 4.24. The van der Waals surface area contributed by atoms with Crippen LogP contribution in [0.2, 0.25) is 0 Å². The van der Waals surface area contributed by atoms with Crippen molar-refractivity contribution in [3.05, 3.63) is 59.5 Å². The Hall–Kier alpha value is -2.52. The molecular formula is C28H34N2O6. The number of nitrogens with zero attached hydrogens (tertiary/aromatic N) is 2. The van der Waals surface area contributed by atoms with Crippen LogP contribution >= 0.6 is 0 Å². The van der Waals surface area contributed by atoms with Crippen molar-refractivity contribution in [1.29, 1.82) is 0 Å². The summed E-state index contributed by atoms with van der Waals surface area (Å²) in [6, 6.07) is 13.7. The van der Waals surface area contributed by atoms with Crippen LogP contribution in [-0.4, -0.2) is 56.7 Å². The second-order valence-electron chi connectivity index (χ2n) is 11.0. The first-order valence-electron chi connectivity index (χ1n) is 13.1. The lowest BCUT2D eigenvalue weighted by atomic mass is 9.65. The minimum atomic E-state index is -1.48. The minimum absolute atomic E-state index is 0.0792. The fourth-order valence-electron chi connectivity index (χ4n) is 7.04. The molecule has 1 aromatic carbocycles. The van der Waals surface area contributed by atoms with E-state index in [0.29, 0.717) is 24.4 Å². The van der Waals surface area contributed by atoms with E-state index < -0.39 is 29.6 Å². The van der Waals surface area contributed by atoms with Crippen LogP contribution in [0.25, 0.3) is 0 Å². The number of hydrogen-bond donors (Lipinski definition) is 2. The van der Waals surface area contributed by atoms with Crippen LogP contribution in [0.1, 0.15) is 55.8 Å². The second-order valence-corrected chi connectivity index (χ2v) is 11.0. The SMILES string of the molecule is C[C@H]1C[C@@H]2C(=O)N(C3CCN(Cc4ccccc4)CC3)C(=O)[C@@H]2[C@@H]2C[C@@H](c3ccc(CO)o3)O[C@]12O. The predicted octanol–water partition coefficient (Wildman–Crippen LogP) is 2.84. The third-order valence-corrected chi connectivity index (χ3v) is 8.91. The molecule has 0 unspecified atom stereocenters. The fraction of sp³-hybridized carbons (Fsp3) is 0.571. The van der Waals surface area contributed by atoms with Crippen LogP contribution in [0.3, 0.4) is 0 Å². The van der Waals surface area contributed by atoms with Crippen molar-refractivity contribution in [2.75, 3.05) is 13.1 Å². The molecule has 4 heterocycles. The van der Waals surface area contributed by atoms with Crippen LogP contribution < -0.4 is 0 Å². The number of ether oxygens (including phenoxy) is 1. The Morgan fingerprint density at radius 1 is 1.03 bits per heavy atom. The van der Waals surface area contributed by atoms with E-state index in [9.17, 15) is 19.8 Å². The molecule has 4 aliphatic rings. The molecule has 8 nitrogen and oxygen atoms in total. The van der Waals surface area contributed by atoms with Crippen molar-refractivity contribution in [3.8, 4) is 0 Å². The number of imide groups is 1. The number of likely N-dealkylation sites (tertiary alicyclic amines) is 2. The third-order valence-electron chi connectivity index (χ3n) is 8.91. The molecule has 0 spiro atoms. The summed E-state index contributed by atoms with van der Waals surface area (Å²) < 4.78 is 11.8. The number of rotatable bonds is 5. The largest absolute Gasteiger partial charge is 0.461 e. The number of furan rings is 1. The van der Waals surface area contributed by atoms with Crippen molar-refractivity contribution >= 4 is 11.8 Å². The first-order valence-corrected chi connectivity index (χ1v) is 13.1. The van der Waals surface area contributed by atoms with Crippen LogP contribution in [0.15, 0.2) is 46.9 Å². The van der Waals surface area contributed by atoms with Crippen molar-refractivity contribution in [2.24, 2.45) is 23.7 Å². The molecule has 8 heteroatoms. The Kier molecular flexibility index (Phi) is 6.03. The Morgan fingerprint density at radius 3 is 2.47 bits per heavy atom. The molecule has 1 aromatic heterocycles. The van der Waals surface area contributed by atoms with Crippen molar-refractivity contribution in [1.82, 2.24) is 9.80 Å². The van der Waals surface area contributed by atoms with Crippen molar-refractivity contribution < 1.29 is 29.0 Å². The highest BCUT2D eigenvalue weighted by Gasteiger charge is 2.66. The van der Waals surface area contributed by atoms with E-state index in [-0.39, 0.29) is 30.4 Å². The normalized spacial score (nSPS) is 35.3. The lowest BCUT2D eigenvalue weighted by Crippen LogP contribution is -2.52. The van der Waals surface area contributed by atoms with Crippen LogP contribution in [-0.2, 0) is 27.5 Å². The van der Waals surface area contributed by atoms with Gasteiger partial charge in [-0.2, -0.15) is 0 Å². The van der Waals surface area contributed by atoms with E-state index in [1.165, 1.54) is 10.5 Å². The monoisotopic (exact) mass is 494 g/mol. The van der Waals surface area contributed by atoms with Gasteiger partial charge in [-0.25, -0.2) is 0 Å². The lowest BCUT2D eigenvalue weighted by molar-refractivity contribution is -0.266. The van der Waals surface area contributed by atoms with E-state index in [1.807, 2.05) is 25.1 Å². The number of piperidine rings is 1. The third kappa shape index (κ3) is 3.82. The van der Waals surface area contributed by atoms with Crippen LogP contribution in [0.4, 0.5) is 0 Å². The second kappa shape index (κ2) is 9.10. The summed E-state index contributed by atoms with van der Waals surface area (Å²) in [5, 5.41) is 20.9. The minimum Gasteiger partial charge on any atom is -0.461 e. The predicted molar refractivity (Wildman–Crippen MR) is 129 cm³/mol. The number of fused-ring (bicyclic) bond motifs is 3. The van der Waals surface area contributed by atoms with Gasteiger partial charge in [0.1, 0.15) is 24.2 Å². The van der Waals surface area contributed by atoms with Crippen LogP contribution in [0.5, 0.6) is 0 Å². The maximum Gasteiger partial charge on any atom is 0.233 e. The molecule has 6 rings (SSSR count). The number of hydrogen-bond acceptors (Lipinski definition) is 7. The van der Waals surface area contributed by atoms with E-state index in [0.717, 1.165) is 32.5 Å². The summed E-state index contributed by atoms with van der Waals surface area (Å²) >= 11 is 0. The molecule has 1 saturated carbocycles. The van der Waals surface area contributed by atoms with Gasteiger partial charge in [0.2, 0.25) is 11.8 Å². The summed E-state index contributed by atoms with van der Waals surface area (Å²) in [6.07, 6.45) is 1.86. The van der Waals surface area contributed by atoms with Crippen molar-refractivity contribution in [3.63, 3.8) is 0 Å². The molecule has 0 radical (unpaired) electrons. The highest BCUT2D eigenvalue weighted by atomic mass is 16.6. The molecule has 4 fully saturated rings. The maximum absolute atomic E-state index is 13.8. The van der Waals surface area contributed by atoms with Gasteiger partial charge in [-0.1, -0.05) is 37.3 Å². The fourth-order valence-corrected chi connectivity index (χ4v) is 7.04. The number of carbonyl (C=O) groups excluding carboxylic acids is 2. The van der Waals surface area contributed by atoms with Gasteiger partial charge in [0.25, 0.3) is 0 Å². The standard InChI is InChI=1S/C28H34N2O6/c1-17-13-21-25(22-14-24(36-28(17,22)34)23-8-7-20(16-31)35-23)27(33)30(26(21)32)19-9-11-29(12-10-19)15-18-5-3-2-4-6-18/h2-8,17,19,21-22,24-25,31,34H,9-16H2,1H3/t17-,21-,22-,24-,25-,28+/m0/s1. The average molecular weight is 495 g/mol. The highest BCUT2D eigenvalue weighted by molar-refractivity contribution is 6.05. The van der Waals surface area contributed by atoms with Gasteiger partial charge >= 0.3 is 0 Å². The van der Waals surface area contributed by atoms with Gasteiger partial charge in [-0.3, -0.25) is 19.4 Å². The van der Waals surface area contributed by atoms with Gasteiger partial charge < -0.3 is 19.4 Å². The lowest BCUT2D eigenvalue weighted by Gasteiger charge is -2.43. The van der Waals surface area contributed by atoms with E-state index in [1.54, 1.807) is 12.1 Å². The molecule has 6 atom stereocenters. The Morgan fingerprint density at radius 2 is 1.78 bits per heavy atom. The molecule has 2 amide bonds. The van der Waals surface area contributed by atoms with Gasteiger partial charge in [0.05, 0.1) is 11.8 Å². The summed E-state index contributed by atoms with van der Waals surface area (Å²) in [4.78, 5) is 31.3. The molecule has 0 bridgehead atoms. The van der Waals surface area contributed by atoms with Gasteiger partial charge in [-0.15, -0.1) is 0 Å². The molecular weight excluding hydrogens is 460 g/mol. The summed E-state index contributed by atoms with van der Waals surface area (Å²) in [5.41, 5.74) is 1.27. The molecule has 2 aromatic rings. The Bertz CT molecular complexity index is 1130. The van der Waals surface area contributed by atoms with Gasteiger partial charge in [0.15, 0.2) is 5.79 Å². The number of aliphatic hydroxyl groups excluding tert-OH is 1. The molecule has 1 aliphatic carbocycles. The first kappa shape index (κ1) is 23.9. The maximum atomic E-state index is 13.8. The average Bonchev–Trinajstić information content (AvgIpc) is 3.56. The molecule has 3 saturated heterocycles. The summed E-state index contributed by atoms with van der Waals surface area (Å²) in [7, 11) is 0. The first-order chi connectivity index (χ1) is 17.4. The number of benzene rings is 1. The summed E-state index contributed by atoms with van der Waals surface area (Å²) in [5.74, 6) is -2.49. The van der Waals surface area contributed by atoms with Gasteiger partial charge in [-0.05, 0) is 43.4 Å². The zero-order valence-corrected chi connectivity index (χ0v) is 20.6. The van der Waals surface area contributed by atoms with Gasteiger partial charge in [0, 0.05) is 37.5 Å². The quantitative estimate of drug-likeness (QED) is 0.616. The Labute approximate surface area is 210 Å². The smallest absolute Gasteiger partial charge is 0.233 e. The topological polar surface area (TPSA) is 103 Å². The molecule has 2 N–H and O–H groups in total. The Balaban J connectivity index is 1.17. The van der Waals surface area contributed by atoms with Crippen molar-refractivity contribution in [2.45, 2.75) is 63.7 Å². The number of amides is 2. The zero-order chi connectivity index (χ0) is 25.0. The molecule has 36 heavy (non-hydrogen) atoms. The van der Waals surface area contributed by atoms with E-state index in [4.69, 9.17) is 9.15 Å². The highest BCUT2D eigenvalue weighted by Crippen LogP contribution is 2.58. The molecule has 3 aliphatic heterocycles. The van der Waals surface area contributed by atoms with Crippen LogP contribution in [0, 0.1) is 23.7 Å². The number of aliphatic hydroxyl groups is 2.